The zero-order chi connectivity index (χ0) is 28.7. The summed E-state index contributed by atoms with van der Waals surface area (Å²) in [5, 5.41) is 5.15. The second kappa shape index (κ2) is 10.8. The summed E-state index contributed by atoms with van der Waals surface area (Å²) in [6.07, 6.45) is 0. The number of hydrogen-bond donors (Lipinski definition) is 0. The summed E-state index contributed by atoms with van der Waals surface area (Å²) in [4.78, 5) is 2.40. The van der Waals surface area contributed by atoms with Gasteiger partial charge in [-0.05, 0) is 78.0 Å². The summed E-state index contributed by atoms with van der Waals surface area (Å²) in [7, 11) is 0. The van der Waals surface area contributed by atoms with Crippen LogP contribution in [-0.2, 0) is 10.2 Å². The third-order valence-corrected chi connectivity index (χ3v) is 8.72. The van der Waals surface area contributed by atoms with Crippen molar-refractivity contribution < 1.29 is 4.74 Å². The molecule has 7 rings (SSSR count). The SMILES string of the molecule is CC(C)(C)c1ccc(-c2c3ccccc3c(-c3ccc(-c4ccc(N5CCOCC5)cc4)cc3)c3ccccc23)cc1. The summed E-state index contributed by atoms with van der Waals surface area (Å²) in [6, 6.07) is 45.0. The monoisotopic (exact) mass is 547 g/mol. The van der Waals surface area contributed by atoms with Crippen molar-refractivity contribution in [3.63, 3.8) is 0 Å². The lowest BCUT2D eigenvalue weighted by atomic mass is 9.83. The van der Waals surface area contributed by atoms with Crippen molar-refractivity contribution in [2.75, 3.05) is 31.2 Å². The van der Waals surface area contributed by atoms with Gasteiger partial charge in [0.2, 0.25) is 0 Å². The number of anilines is 1. The largest absolute Gasteiger partial charge is 0.378 e. The number of hydrogen-bond acceptors (Lipinski definition) is 2. The van der Waals surface area contributed by atoms with Gasteiger partial charge in [-0.2, -0.15) is 0 Å². The molecule has 42 heavy (non-hydrogen) atoms. The number of benzene rings is 6. The van der Waals surface area contributed by atoms with E-state index >= 15 is 0 Å². The van der Waals surface area contributed by atoms with Gasteiger partial charge in [-0.3, -0.25) is 0 Å². The Labute approximate surface area is 249 Å². The van der Waals surface area contributed by atoms with Crippen LogP contribution in [0.4, 0.5) is 5.69 Å². The van der Waals surface area contributed by atoms with Crippen LogP contribution in [0.15, 0.2) is 121 Å². The second-order valence-electron chi connectivity index (χ2n) is 12.4. The number of rotatable bonds is 4. The predicted molar refractivity (Wildman–Crippen MR) is 179 cm³/mol. The molecule has 0 saturated carbocycles. The number of nitrogens with zero attached hydrogens (tertiary/aromatic N) is 1. The molecule has 1 aliphatic heterocycles. The van der Waals surface area contributed by atoms with Crippen LogP contribution in [0.1, 0.15) is 26.3 Å². The summed E-state index contributed by atoms with van der Waals surface area (Å²) in [6.45, 7) is 10.3. The van der Waals surface area contributed by atoms with Crippen molar-refractivity contribution in [3.8, 4) is 33.4 Å². The zero-order valence-electron chi connectivity index (χ0n) is 24.7. The van der Waals surface area contributed by atoms with Gasteiger partial charge in [0, 0.05) is 18.8 Å². The Bertz CT molecular complexity index is 1800. The van der Waals surface area contributed by atoms with E-state index in [-0.39, 0.29) is 5.41 Å². The molecule has 0 aromatic heterocycles. The Morgan fingerprint density at radius 1 is 0.476 bits per heavy atom. The standard InChI is InChI=1S/C40H37NO/c1-40(2,3)32-20-16-31(17-21-32)39-36-10-6-4-8-34(36)38(35-9-5-7-11-37(35)39)30-14-12-28(13-15-30)29-18-22-33(23-19-29)41-24-26-42-27-25-41/h4-23H,24-27H2,1-3H3. The normalized spacial score (nSPS) is 14.0. The van der Waals surface area contributed by atoms with Crippen LogP contribution in [0.25, 0.3) is 54.9 Å². The average molecular weight is 548 g/mol. The molecule has 6 aromatic carbocycles. The first-order valence-electron chi connectivity index (χ1n) is 15.1. The Morgan fingerprint density at radius 2 is 0.857 bits per heavy atom. The zero-order valence-corrected chi connectivity index (χ0v) is 24.7. The highest BCUT2D eigenvalue weighted by molar-refractivity contribution is 6.21. The fourth-order valence-corrected chi connectivity index (χ4v) is 6.40. The van der Waals surface area contributed by atoms with E-state index in [1.54, 1.807) is 0 Å². The molecule has 0 bridgehead atoms. The molecule has 1 aliphatic rings. The average Bonchev–Trinajstić information content (AvgIpc) is 3.04. The van der Waals surface area contributed by atoms with E-state index < -0.39 is 0 Å². The van der Waals surface area contributed by atoms with E-state index in [2.05, 4.69) is 147 Å². The maximum atomic E-state index is 5.52. The molecule has 0 radical (unpaired) electrons. The maximum absolute atomic E-state index is 5.52. The van der Waals surface area contributed by atoms with Gasteiger partial charge in [0.1, 0.15) is 0 Å². The molecule has 1 heterocycles. The van der Waals surface area contributed by atoms with Crippen LogP contribution < -0.4 is 4.90 Å². The maximum Gasteiger partial charge on any atom is 0.0642 e. The number of ether oxygens (including phenoxy) is 1. The Balaban J connectivity index is 1.31. The first-order valence-corrected chi connectivity index (χ1v) is 15.1. The van der Waals surface area contributed by atoms with Crippen molar-refractivity contribution in [1.82, 2.24) is 0 Å². The van der Waals surface area contributed by atoms with Crippen molar-refractivity contribution in [1.29, 1.82) is 0 Å². The predicted octanol–water partition coefficient (Wildman–Crippen LogP) is 10.1. The molecular weight excluding hydrogens is 510 g/mol. The molecule has 0 N–H and O–H groups in total. The first kappa shape index (κ1) is 26.5. The Hall–Kier alpha value is -4.40. The quantitative estimate of drug-likeness (QED) is 0.204. The highest BCUT2D eigenvalue weighted by Crippen LogP contribution is 2.44. The Morgan fingerprint density at radius 3 is 1.29 bits per heavy atom. The summed E-state index contributed by atoms with van der Waals surface area (Å²) >= 11 is 0. The summed E-state index contributed by atoms with van der Waals surface area (Å²) in [5.41, 5.74) is 10.3. The topological polar surface area (TPSA) is 12.5 Å². The van der Waals surface area contributed by atoms with Crippen molar-refractivity contribution in [3.05, 3.63) is 127 Å². The van der Waals surface area contributed by atoms with E-state index in [1.165, 1.54) is 66.2 Å². The van der Waals surface area contributed by atoms with Gasteiger partial charge in [-0.15, -0.1) is 0 Å². The van der Waals surface area contributed by atoms with E-state index in [0.717, 1.165) is 26.3 Å². The van der Waals surface area contributed by atoms with Gasteiger partial charge in [-0.1, -0.05) is 130 Å². The molecule has 1 fully saturated rings. The number of morpholine rings is 1. The first-order chi connectivity index (χ1) is 20.5. The lowest BCUT2D eigenvalue weighted by molar-refractivity contribution is 0.122. The van der Waals surface area contributed by atoms with Gasteiger partial charge in [-0.25, -0.2) is 0 Å². The molecule has 6 aromatic rings. The molecule has 208 valence electrons. The molecule has 0 amide bonds. The van der Waals surface area contributed by atoms with Gasteiger partial charge in [0.25, 0.3) is 0 Å². The highest BCUT2D eigenvalue weighted by atomic mass is 16.5. The van der Waals surface area contributed by atoms with Gasteiger partial charge >= 0.3 is 0 Å². The molecular formula is C40H37NO. The molecule has 2 nitrogen and oxygen atoms in total. The second-order valence-corrected chi connectivity index (χ2v) is 12.4. The third kappa shape index (κ3) is 4.86. The lowest BCUT2D eigenvalue weighted by Gasteiger charge is -2.28. The third-order valence-electron chi connectivity index (χ3n) is 8.72. The molecule has 0 spiro atoms. The van der Waals surface area contributed by atoms with Crippen molar-refractivity contribution >= 4 is 27.2 Å². The van der Waals surface area contributed by atoms with E-state index in [9.17, 15) is 0 Å². The lowest BCUT2D eigenvalue weighted by Crippen LogP contribution is -2.36. The molecule has 1 saturated heterocycles. The van der Waals surface area contributed by atoms with Crippen LogP contribution in [0.5, 0.6) is 0 Å². The van der Waals surface area contributed by atoms with Gasteiger partial charge in [0.05, 0.1) is 13.2 Å². The van der Waals surface area contributed by atoms with Crippen LogP contribution in [0.3, 0.4) is 0 Å². The highest BCUT2D eigenvalue weighted by Gasteiger charge is 2.18. The fraction of sp³-hybridized carbons (Fsp3) is 0.200. The molecule has 0 unspecified atom stereocenters. The summed E-state index contributed by atoms with van der Waals surface area (Å²) in [5.74, 6) is 0. The smallest absolute Gasteiger partial charge is 0.0642 e. The fourth-order valence-electron chi connectivity index (χ4n) is 6.40. The van der Waals surface area contributed by atoms with E-state index in [1.807, 2.05) is 0 Å². The minimum atomic E-state index is 0.128. The van der Waals surface area contributed by atoms with Crippen molar-refractivity contribution in [2.45, 2.75) is 26.2 Å². The van der Waals surface area contributed by atoms with Gasteiger partial charge in [0.15, 0.2) is 0 Å². The van der Waals surface area contributed by atoms with Crippen LogP contribution >= 0.6 is 0 Å². The summed E-state index contributed by atoms with van der Waals surface area (Å²) < 4.78 is 5.52. The van der Waals surface area contributed by atoms with E-state index in [0.29, 0.717) is 0 Å². The van der Waals surface area contributed by atoms with Crippen LogP contribution in [0, 0.1) is 0 Å². The molecule has 2 heteroatoms. The van der Waals surface area contributed by atoms with E-state index in [4.69, 9.17) is 4.74 Å². The van der Waals surface area contributed by atoms with Crippen molar-refractivity contribution in [2.24, 2.45) is 0 Å². The number of fused-ring (bicyclic) bond motifs is 2. The Kier molecular flexibility index (Phi) is 6.80. The molecule has 0 aliphatic carbocycles. The van der Waals surface area contributed by atoms with Gasteiger partial charge < -0.3 is 9.64 Å². The molecule has 0 atom stereocenters. The minimum absolute atomic E-state index is 0.128. The van der Waals surface area contributed by atoms with Crippen LogP contribution in [-0.4, -0.2) is 26.3 Å². The minimum Gasteiger partial charge on any atom is -0.378 e. The van der Waals surface area contributed by atoms with Crippen LogP contribution in [0.2, 0.25) is 0 Å².